The lowest BCUT2D eigenvalue weighted by Crippen LogP contribution is -2.09. The first kappa shape index (κ1) is 12.7. The van der Waals surface area contributed by atoms with Crippen LogP contribution in [0.4, 0.5) is 5.82 Å². The van der Waals surface area contributed by atoms with Crippen LogP contribution < -0.4 is 11.3 Å². The number of aliphatic hydroxyl groups is 1. The monoisotopic (exact) mass is 263 g/mol. The molecule has 0 saturated carbocycles. The zero-order valence-electron chi connectivity index (χ0n) is 9.80. The van der Waals surface area contributed by atoms with Gasteiger partial charge < -0.3 is 15.8 Å². The molecule has 2 rings (SSSR count). The fourth-order valence-electron chi connectivity index (χ4n) is 1.54. The van der Waals surface area contributed by atoms with Crippen LogP contribution in [-0.2, 0) is 6.61 Å². The van der Waals surface area contributed by atoms with Crippen LogP contribution in [0.25, 0.3) is 0 Å². The zero-order chi connectivity index (χ0) is 13.1. The van der Waals surface area contributed by atoms with E-state index in [9.17, 15) is 9.90 Å². The van der Waals surface area contributed by atoms with Crippen molar-refractivity contribution in [1.29, 1.82) is 0 Å². The van der Waals surface area contributed by atoms with Crippen molar-refractivity contribution in [3.8, 4) is 0 Å². The molecule has 0 atom stereocenters. The molecule has 0 amide bonds. The Morgan fingerprint density at radius 3 is 2.89 bits per heavy atom. The molecule has 0 aliphatic rings. The number of hydrogen-bond acceptors (Lipinski definition) is 5. The number of rotatable bonds is 3. The quantitative estimate of drug-likeness (QED) is 0.726. The lowest BCUT2D eigenvalue weighted by Gasteiger charge is -2.07. The van der Waals surface area contributed by atoms with Gasteiger partial charge in [-0.2, -0.15) is 0 Å². The number of aromatic amines is 1. The molecule has 1 aromatic carbocycles. The molecule has 5 nitrogen and oxygen atoms in total. The average Bonchev–Trinajstić information content (AvgIpc) is 2.30. The standard InChI is InChI=1S/C12H13N3O2S/c1-7-2-3-9(8(4-7)6-16)18-12-14-10(13)5-11(17)15-12/h2-5,16H,6H2,1H3,(H3,13,14,15,17). The van der Waals surface area contributed by atoms with E-state index in [0.29, 0.717) is 5.16 Å². The largest absolute Gasteiger partial charge is 0.392 e. The highest BCUT2D eigenvalue weighted by Crippen LogP contribution is 2.28. The maximum absolute atomic E-state index is 11.3. The highest BCUT2D eigenvalue weighted by Gasteiger charge is 2.06. The molecular formula is C12H13N3O2S. The molecule has 0 saturated heterocycles. The van der Waals surface area contributed by atoms with Crippen molar-refractivity contribution >= 4 is 17.6 Å². The normalized spacial score (nSPS) is 10.6. The van der Waals surface area contributed by atoms with Gasteiger partial charge >= 0.3 is 0 Å². The third-order valence-corrected chi connectivity index (χ3v) is 3.34. The molecule has 0 radical (unpaired) electrons. The van der Waals surface area contributed by atoms with Crippen LogP contribution in [0, 0.1) is 6.92 Å². The Morgan fingerprint density at radius 1 is 1.44 bits per heavy atom. The Balaban J connectivity index is 2.36. The Kier molecular flexibility index (Phi) is 3.69. The summed E-state index contributed by atoms with van der Waals surface area (Å²) in [7, 11) is 0. The topological polar surface area (TPSA) is 92.0 Å². The van der Waals surface area contributed by atoms with Crippen molar-refractivity contribution in [2.75, 3.05) is 5.73 Å². The van der Waals surface area contributed by atoms with E-state index in [0.717, 1.165) is 16.0 Å². The SMILES string of the molecule is Cc1ccc(Sc2nc(N)cc(=O)[nH]2)c(CO)c1. The molecule has 18 heavy (non-hydrogen) atoms. The van der Waals surface area contributed by atoms with E-state index < -0.39 is 0 Å². The number of nitrogens with one attached hydrogen (secondary N) is 1. The molecule has 0 unspecified atom stereocenters. The number of anilines is 1. The van der Waals surface area contributed by atoms with Crippen molar-refractivity contribution < 1.29 is 5.11 Å². The molecule has 0 aliphatic heterocycles. The lowest BCUT2D eigenvalue weighted by atomic mass is 10.1. The number of nitrogens with two attached hydrogens (primary N) is 1. The molecule has 1 heterocycles. The number of nitrogen functional groups attached to an aromatic ring is 1. The first-order chi connectivity index (χ1) is 8.58. The summed E-state index contributed by atoms with van der Waals surface area (Å²) < 4.78 is 0. The van der Waals surface area contributed by atoms with Gasteiger partial charge in [-0.05, 0) is 18.6 Å². The van der Waals surface area contributed by atoms with E-state index in [1.165, 1.54) is 17.8 Å². The Morgan fingerprint density at radius 2 is 2.22 bits per heavy atom. The van der Waals surface area contributed by atoms with Gasteiger partial charge in [-0.15, -0.1) is 0 Å². The van der Waals surface area contributed by atoms with Crippen molar-refractivity contribution in [2.24, 2.45) is 0 Å². The third-order valence-electron chi connectivity index (χ3n) is 2.33. The summed E-state index contributed by atoms with van der Waals surface area (Å²) in [5.74, 6) is 0.180. The van der Waals surface area contributed by atoms with Crippen molar-refractivity contribution in [1.82, 2.24) is 9.97 Å². The minimum absolute atomic E-state index is 0.0590. The van der Waals surface area contributed by atoms with E-state index in [-0.39, 0.29) is 18.0 Å². The van der Waals surface area contributed by atoms with E-state index in [4.69, 9.17) is 5.73 Å². The molecular weight excluding hydrogens is 250 g/mol. The summed E-state index contributed by atoms with van der Waals surface area (Å²) in [5, 5.41) is 9.72. The van der Waals surface area contributed by atoms with Gasteiger partial charge in [-0.3, -0.25) is 4.79 Å². The number of H-pyrrole nitrogens is 1. The first-order valence-electron chi connectivity index (χ1n) is 5.33. The molecule has 1 aromatic heterocycles. The molecule has 0 aliphatic carbocycles. The first-order valence-corrected chi connectivity index (χ1v) is 6.15. The van der Waals surface area contributed by atoms with Crippen molar-refractivity contribution in [3.05, 3.63) is 45.7 Å². The molecule has 0 fully saturated rings. The van der Waals surface area contributed by atoms with Crippen LogP contribution in [0.3, 0.4) is 0 Å². The number of aromatic nitrogens is 2. The summed E-state index contributed by atoms with van der Waals surface area (Å²) >= 11 is 1.27. The molecule has 2 aromatic rings. The van der Waals surface area contributed by atoms with E-state index in [2.05, 4.69) is 9.97 Å². The Labute approximate surface area is 108 Å². The van der Waals surface area contributed by atoms with Gasteiger partial charge in [0.1, 0.15) is 5.82 Å². The summed E-state index contributed by atoms with van der Waals surface area (Å²) in [5.41, 5.74) is 7.09. The smallest absolute Gasteiger partial charge is 0.253 e. The minimum atomic E-state index is -0.289. The van der Waals surface area contributed by atoms with Crippen LogP contribution in [0.1, 0.15) is 11.1 Å². The summed E-state index contributed by atoms with van der Waals surface area (Å²) in [6.07, 6.45) is 0. The van der Waals surface area contributed by atoms with E-state index >= 15 is 0 Å². The fourth-order valence-corrected chi connectivity index (χ4v) is 2.44. The van der Waals surface area contributed by atoms with Crippen LogP contribution in [0.5, 0.6) is 0 Å². The number of aliphatic hydroxyl groups excluding tert-OH is 1. The molecule has 4 N–H and O–H groups in total. The highest BCUT2D eigenvalue weighted by molar-refractivity contribution is 7.99. The summed E-state index contributed by atoms with van der Waals surface area (Å²) in [6, 6.07) is 6.94. The second-order valence-corrected chi connectivity index (χ2v) is 4.88. The second kappa shape index (κ2) is 5.24. The summed E-state index contributed by atoms with van der Waals surface area (Å²) in [6.45, 7) is 1.89. The van der Waals surface area contributed by atoms with Gasteiger partial charge in [-0.25, -0.2) is 4.98 Å². The van der Waals surface area contributed by atoms with Gasteiger partial charge in [0.25, 0.3) is 5.56 Å². The minimum Gasteiger partial charge on any atom is -0.392 e. The van der Waals surface area contributed by atoms with Gasteiger partial charge in [0, 0.05) is 11.0 Å². The molecule has 0 spiro atoms. The maximum Gasteiger partial charge on any atom is 0.253 e. The third kappa shape index (κ3) is 2.91. The Bertz CT molecular complexity index is 625. The predicted molar refractivity (Wildman–Crippen MR) is 70.5 cm³/mol. The number of aryl methyl sites for hydroxylation is 1. The molecule has 6 heteroatoms. The van der Waals surface area contributed by atoms with Crippen LogP contribution >= 0.6 is 11.8 Å². The molecule has 0 bridgehead atoms. The number of hydrogen-bond donors (Lipinski definition) is 3. The van der Waals surface area contributed by atoms with E-state index in [1.807, 2.05) is 25.1 Å². The van der Waals surface area contributed by atoms with Crippen molar-refractivity contribution in [2.45, 2.75) is 23.6 Å². The zero-order valence-corrected chi connectivity index (χ0v) is 10.6. The second-order valence-electron chi connectivity index (χ2n) is 3.85. The van der Waals surface area contributed by atoms with Gasteiger partial charge in [-0.1, -0.05) is 29.5 Å². The fraction of sp³-hybridized carbons (Fsp3) is 0.167. The summed E-state index contributed by atoms with van der Waals surface area (Å²) in [4.78, 5) is 18.7. The van der Waals surface area contributed by atoms with Crippen molar-refractivity contribution in [3.63, 3.8) is 0 Å². The van der Waals surface area contributed by atoms with Crippen LogP contribution in [0.2, 0.25) is 0 Å². The predicted octanol–water partition coefficient (Wildman–Crippen LogP) is 1.30. The van der Waals surface area contributed by atoms with Gasteiger partial charge in [0.2, 0.25) is 0 Å². The van der Waals surface area contributed by atoms with Crippen LogP contribution in [0.15, 0.2) is 39.1 Å². The van der Waals surface area contributed by atoms with Gasteiger partial charge in [0.15, 0.2) is 5.16 Å². The molecule has 94 valence electrons. The number of benzene rings is 1. The number of nitrogens with zero attached hydrogens (tertiary/aromatic N) is 1. The highest BCUT2D eigenvalue weighted by atomic mass is 32.2. The average molecular weight is 263 g/mol. The van der Waals surface area contributed by atoms with Crippen LogP contribution in [-0.4, -0.2) is 15.1 Å². The van der Waals surface area contributed by atoms with E-state index in [1.54, 1.807) is 0 Å². The Hall–Kier alpha value is -1.79. The van der Waals surface area contributed by atoms with Gasteiger partial charge in [0.05, 0.1) is 6.61 Å². The maximum atomic E-state index is 11.3. The lowest BCUT2D eigenvalue weighted by molar-refractivity contribution is 0.279.